The Bertz CT molecular complexity index is 631. The topological polar surface area (TPSA) is 43.2 Å². The molecule has 1 aliphatic heterocycles. The van der Waals surface area contributed by atoms with E-state index in [2.05, 4.69) is 46.2 Å². The normalized spacial score (nSPS) is 17.0. The lowest BCUT2D eigenvalue weighted by atomic mass is 10.0. The van der Waals surface area contributed by atoms with Crippen LogP contribution in [-0.2, 0) is 18.4 Å². The first-order valence-electron chi connectivity index (χ1n) is 7.92. The van der Waals surface area contributed by atoms with Gasteiger partial charge < -0.3 is 4.74 Å². The maximum Gasteiger partial charge on any atom is 0.181 e. The number of methoxy groups -OCH3 is 1. The van der Waals surface area contributed by atoms with Gasteiger partial charge in [-0.15, -0.1) is 0 Å². The fraction of sp³-hybridized carbons (Fsp3) is 0.529. The molecule has 2 aromatic rings. The molecule has 1 saturated heterocycles. The monoisotopic (exact) mass is 300 g/mol. The molecule has 0 N–H and O–H groups in total. The van der Waals surface area contributed by atoms with E-state index < -0.39 is 0 Å². The summed E-state index contributed by atoms with van der Waals surface area (Å²) in [5, 5.41) is 4.51. The molecular formula is C17H24N4O. The van der Waals surface area contributed by atoms with Gasteiger partial charge in [0.2, 0.25) is 0 Å². The maximum atomic E-state index is 5.16. The Morgan fingerprint density at radius 2 is 2.05 bits per heavy atom. The van der Waals surface area contributed by atoms with Crippen molar-refractivity contribution in [2.75, 3.05) is 20.2 Å². The molecular weight excluding hydrogens is 276 g/mol. The van der Waals surface area contributed by atoms with E-state index in [1.165, 1.54) is 31.5 Å². The van der Waals surface area contributed by atoms with Crippen LogP contribution in [-0.4, -0.2) is 39.9 Å². The average molecular weight is 300 g/mol. The summed E-state index contributed by atoms with van der Waals surface area (Å²) in [4.78, 5) is 7.12. The molecule has 0 spiro atoms. The number of likely N-dealkylation sites (tertiary alicyclic amines) is 1. The zero-order valence-electron chi connectivity index (χ0n) is 13.6. The van der Waals surface area contributed by atoms with Crippen molar-refractivity contribution in [3.8, 4) is 11.4 Å². The second-order valence-corrected chi connectivity index (χ2v) is 5.95. The van der Waals surface area contributed by atoms with Gasteiger partial charge in [0.25, 0.3) is 0 Å². The minimum Gasteiger partial charge on any atom is -0.377 e. The van der Waals surface area contributed by atoms with Crippen LogP contribution in [0, 0.1) is 0 Å². The lowest BCUT2D eigenvalue weighted by molar-refractivity contribution is 0.174. The summed E-state index contributed by atoms with van der Waals surface area (Å²) in [7, 11) is 3.58. The van der Waals surface area contributed by atoms with Gasteiger partial charge in [0.15, 0.2) is 11.6 Å². The standard InChI is InChI=1S/C17H24N4O/c1-13(21-9-4-5-10-21)14-7-6-8-15(11-14)17-18-16(12-22-3)20(2)19-17/h6-8,11,13H,4-5,9-10,12H2,1-3H3. The summed E-state index contributed by atoms with van der Waals surface area (Å²) >= 11 is 0. The van der Waals surface area contributed by atoms with E-state index in [9.17, 15) is 0 Å². The van der Waals surface area contributed by atoms with Crippen molar-refractivity contribution in [1.82, 2.24) is 19.7 Å². The molecule has 2 heterocycles. The van der Waals surface area contributed by atoms with Gasteiger partial charge >= 0.3 is 0 Å². The molecule has 5 heteroatoms. The van der Waals surface area contributed by atoms with Crippen LogP contribution in [0.1, 0.15) is 37.2 Å². The highest BCUT2D eigenvalue weighted by molar-refractivity contribution is 5.56. The Morgan fingerprint density at radius 3 is 2.77 bits per heavy atom. The maximum absolute atomic E-state index is 5.16. The Morgan fingerprint density at radius 1 is 1.27 bits per heavy atom. The number of hydrogen-bond acceptors (Lipinski definition) is 4. The van der Waals surface area contributed by atoms with Gasteiger partial charge in [-0.1, -0.05) is 18.2 Å². The van der Waals surface area contributed by atoms with E-state index in [4.69, 9.17) is 4.74 Å². The van der Waals surface area contributed by atoms with Crippen molar-refractivity contribution in [1.29, 1.82) is 0 Å². The molecule has 0 aliphatic carbocycles. The van der Waals surface area contributed by atoms with E-state index in [0.717, 1.165) is 17.2 Å². The third kappa shape index (κ3) is 3.05. The van der Waals surface area contributed by atoms with Crippen LogP contribution < -0.4 is 0 Å². The third-order valence-electron chi connectivity index (χ3n) is 4.44. The summed E-state index contributed by atoms with van der Waals surface area (Å²) in [5.41, 5.74) is 2.40. The summed E-state index contributed by atoms with van der Waals surface area (Å²) in [6.45, 7) is 5.16. The Labute approximate surface area is 131 Å². The van der Waals surface area contributed by atoms with Crippen LogP contribution in [0.25, 0.3) is 11.4 Å². The molecule has 0 radical (unpaired) electrons. The Kier molecular flexibility index (Phi) is 4.55. The predicted octanol–water partition coefficient (Wildman–Crippen LogP) is 2.79. The van der Waals surface area contributed by atoms with Gasteiger partial charge in [0, 0.05) is 25.8 Å². The highest BCUT2D eigenvalue weighted by atomic mass is 16.5. The van der Waals surface area contributed by atoms with E-state index in [-0.39, 0.29) is 0 Å². The van der Waals surface area contributed by atoms with Crippen LogP contribution in [0.5, 0.6) is 0 Å². The van der Waals surface area contributed by atoms with Gasteiger partial charge in [0.05, 0.1) is 0 Å². The molecule has 22 heavy (non-hydrogen) atoms. The number of ether oxygens (including phenoxy) is 1. The zero-order chi connectivity index (χ0) is 15.5. The van der Waals surface area contributed by atoms with Crippen molar-refractivity contribution in [3.63, 3.8) is 0 Å². The molecule has 3 rings (SSSR count). The molecule has 1 aromatic heterocycles. The summed E-state index contributed by atoms with van der Waals surface area (Å²) in [6, 6.07) is 9.04. The Hall–Kier alpha value is -1.72. The lowest BCUT2D eigenvalue weighted by Gasteiger charge is -2.24. The van der Waals surface area contributed by atoms with Crippen LogP contribution in [0.15, 0.2) is 24.3 Å². The van der Waals surface area contributed by atoms with Crippen LogP contribution in [0.2, 0.25) is 0 Å². The number of rotatable bonds is 5. The van der Waals surface area contributed by atoms with Gasteiger partial charge in [-0.25, -0.2) is 4.98 Å². The highest BCUT2D eigenvalue weighted by Crippen LogP contribution is 2.27. The molecule has 1 fully saturated rings. The smallest absolute Gasteiger partial charge is 0.181 e. The van der Waals surface area contributed by atoms with Crippen molar-refractivity contribution in [3.05, 3.63) is 35.7 Å². The average Bonchev–Trinajstić information content (AvgIpc) is 3.18. The number of aromatic nitrogens is 3. The molecule has 1 aromatic carbocycles. The van der Waals surface area contributed by atoms with Gasteiger partial charge in [-0.3, -0.25) is 9.58 Å². The molecule has 1 atom stereocenters. The first kappa shape index (κ1) is 15.2. The van der Waals surface area contributed by atoms with E-state index in [1.807, 2.05) is 7.05 Å². The minimum atomic E-state index is 0.449. The largest absolute Gasteiger partial charge is 0.377 e. The number of benzene rings is 1. The number of aryl methyl sites for hydroxylation is 1. The van der Waals surface area contributed by atoms with Crippen molar-refractivity contribution in [2.45, 2.75) is 32.4 Å². The number of hydrogen-bond donors (Lipinski definition) is 0. The van der Waals surface area contributed by atoms with Gasteiger partial charge in [0.1, 0.15) is 6.61 Å². The Balaban J connectivity index is 1.85. The fourth-order valence-electron chi connectivity index (χ4n) is 3.07. The zero-order valence-corrected chi connectivity index (χ0v) is 13.6. The summed E-state index contributed by atoms with van der Waals surface area (Å²) in [5.74, 6) is 1.61. The molecule has 1 unspecified atom stereocenters. The van der Waals surface area contributed by atoms with Crippen molar-refractivity contribution in [2.24, 2.45) is 7.05 Å². The first-order valence-corrected chi connectivity index (χ1v) is 7.92. The highest BCUT2D eigenvalue weighted by Gasteiger charge is 2.20. The van der Waals surface area contributed by atoms with Crippen LogP contribution in [0.3, 0.4) is 0 Å². The summed E-state index contributed by atoms with van der Waals surface area (Å²) in [6.07, 6.45) is 2.62. The molecule has 0 amide bonds. The second kappa shape index (κ2) is 6.58. The van der Waals surface area contributed by atoms with E-state index >= 15 is 0 Å². The molecule has 118 valence electrons. The fourth-order valence-corrected chi connectivity index (χ4v) is 3.07. The van der Waals surface area contributed by atoms with Crippen LogP contribution in [0.4, 0.5) is 0 Å². The minimum absolute atomic E-state index is 0.449. The van der Waals surface area contributed by atoms with E-state index in [0.29, 0.717) is 12.6 Å². The SMILES string of the molecule is COCc1nc(-c2cccc(C(C)N3CCCC3)c2)nn1C. The third-order valence-corrected chi connectivity index (χ3v) is 4.44. The quantitative estimate of drug-likeness (QED) is 0.851. The van der Waals surface area contributed by atoms with Gasteiger partial charge in [-0.2, -0.15) is 5.10 Å². The lowest BCUT2D eigenvalue weighted by Crippen LogP contribution is -2.23. The molecule has 0 saturated carbocycles. The van der Waals surface area contributed by atoms with Crippen LogP contribution >= 0.6 is 0 Å². The second-order valence-electron chi connectivity index (χ2n) is 5.95. The first-order chi connectivity index (χ1) is 10.7. The molecule has 5 nitrogen and oxygen atoms in total. The molecule has 1 aliphatic rings. The molecule has 0 bridgehead atoms. The van der Waals surface area contributed by atoms with Crippen molar-refractivity contribution < 1.29 is 4.74 Å². The number of nitrogens with zero attached hydrogens (tertiary/aromatic N) is 4. The van der Waals surface area contributed by atoms with Gasteiger partial charge in [-0.05, 0) is 44.5 Å². The van der Waals surface area contributed by atoms with Crippen molar-refractivity contribution >= 4 is 0 Å². The van der Waals surface area contributed by atoms with E-state index in [1.54, 1.807) is 11.8 Å². The summed E-state index contributed by atoms with van der Waals surface area (Å²) < 4.78 is 6.94. The predicted molar refractivity (Wildman–Crippen MR) is 86.4 cm³/mol.